The zero-order valence-corrected chi connectivity index (χ0v) is 18.3. The largest absolute Gasteiger partial charge is 0.490 e. The minimum atomic E-state index is -3.24. The molecule has 1 amide bonds. The molecular weight excluding hydrogens is 390 g/mol. The van der Waals surface area contributed by atoms with Crippen LogP contribution in [-0.2, 0) is 21.4 Å². The Morgan fingerprint density at radius 1 is 1.14 bits per heavy atom. The van der Waals surface area contributed by atoms with Gasteiger partial charge in [0.15, 0.2) is 0 Å². The lowest BCUT2D eigenvalue weighted by Crippen LogP contribution is -2.45. The Morgan fingerprint density at radius 2 is 1.83 bits per heavy atom. The van der Waals surface area contributed by atoms with Gasteiger partial charge < -0.3 is 15.0 Å². The Hall–Kier alpha value is -1.64. The van der Waals surface area contributed by atoms with Crippen molar-refractivity contribution >= 4 is 15.9 Å². The molecule has 29 heavy (non-hydrogen) atoms. The fourth-order valence-corrected chi connectivity index (χ4v) is 5.09. The second-order valence-corrected chi connectivity index (χ2v) is 10.3. The van der Waals surface area contributed by atoms with Crippen LogP contribution in [0.3, 0.4) is 0 Å². The summed E-state index contributed by atoms with van der Waals surface area (Å²) < 4.78 is 31.7. The van der Waals surface area contributed by atoms with Crippen LogP contribution in [0.1, 0.15) is 38.2 Å². The van der Waals surface area contributed by atoms with Gasteiger partial charge in [-0.05, 0) is 57.4 Å². The highest BCUT2D eigenvalue weighted by Crippen LogP contribution is 2.21. The van der Waals surface area contributed by atoms with E-state index in [1.807, 2.05) is 24.3 Å². The minimum Gasteiger partial charge on any atom is -0.490 e. The highest BCUT2D eigenvalue weighted by atomic mass is 32.2. The number of sulfonamides is 1. The van der Waals surface area contributed by atoms with E-state index in [2.05, 4.69) is 17.3 Å². The highest BCUT2D eigenvalue weighted by molar-refractivity contribution is 7.89. The molecule has 8 heteroatoms. The zero-order valence-electron chi connectivity index (χ0n) is 17.5. The SMILES string of the molecule is CCS(=O)(=O)N1CCC[C@H](C(=O)NCc2ccc(OC3CCN(C)CC3)cc2)C1. The molecule has 3 rings (SSSR count). The third-order valence-electron chi connectivity index (χ3n) is 5.87. The first kappa shape index (κ1) is 22.1. The van der Waals surface area contributed by atoms with Gasteiger partial charge in [-0.25, -0.2) is 12.7 Å². The maximum atomic E-state index is 12.5. The number of ether oxygens (including phenoxy) is 1. The third-order valence-corrected chi connectivity index (χ3v) is 7.72. The number of piperidine rings is 2. The molecule has 0 aliphatic carbocycles. The number of rotatable bonds is 7. The molecule has 162 valence electrons. The second-order valence-electron chi connectivity index (χ2n) is 8.08. The van der Waals surface area contributed by atoms with Crippen LogP contribution in [0.25, 0.3) is 0 Å². The molecule has 2 aliphatic rings. The highest BCUT2D eigenvalue weighted by Gasteiger charge is 2.31. The summed E-state index contributed by atoms with van der Waals surface area (Å²) in [5, 5.41) is 2.96. The van der Waals surface area contributed by atoms with Crippen LogP contribution in [0, 0.1) is 5.92 Å². The Balaban J connectivity index is 1.46. The van der Waals surface area contributed by atoms with Crippen molar-refractivity contribution in [2.75, 3.05) is 39.0 Å². The first-order valence-electron chi connectivity index (χ1n) is 10.6. The maximum absolute atomic E-state index is 12.5. The van der Waals surface area contributed by atoms with Crippen LogP contribution in [0.2, 0.25) is 0 Å². The van der Waals surface area contributed by atoms with Gasteiger partial charge in [-0.3, -0.25) is 4.79 Å². The summed E-state index contributed by atoms with van der Waals surface area (Å²) in [5.41, 5.74) is 1.00. The van der Waals surface area contributed by atoms with Gasteiger partial charge in [0.05, 0.1) is 11.7 Å². The van der Waals surface area contributed by atoms with E-state index in [4.69, 9.17) is 4.74 Å². The zero-order chi connectivity index (χ0) is 20.9. The standard InChI is InChI=1S/C21H33N3O4S/c1-3-29(26,27)24-12-4-5-18(16-24)21(25)22-15-17-6-8-19(9-7-17)28-20-10-13-23(2)14-11-20/h6-9,18,20H,3-5,10-16H2,1-2H3,(H,22,25)/t18-/m0/s1. The molecule has 1 atom stereocenters. The predicted molar refractivity (Wildman–Crippen MR) is 113 cm³/mol. The molecule has 0 unspecified atom stereocenters. The quantitative estimate of drug-likeness (QED) is 0.724. The molecule has 1 aromatic carbocycles. The molecule has 2 saturated heterocycles. The van der Waals surface area contributed by atoms with Gasteiger partial charge in [0.25, 0.3) is 0 Å². The van der Waals surface area contributed by atoms with Gasteiger partial charge in [-0.1, -0.05) is 12.1 Å². The fraction of sp³-hybridized carbons (Fsp3) is 0.667. The van der Waals surface area contributed by atoms with E-state index >= 15 is 0 Å². The van der Waals surface area contributed by atoms with Crippen LogP contribution in [-0.4, -0.2) is 68.6 Å². The average Bonchev–Trinajstić information content (AvgIpc) is 2.74. The topological polar surface area (TPSA) is 79.0 Å². The molecule has 0 saturated carbocycles. The maximum Gasteiger partial charge on any atom is 0.224 e. The molecule has 2 heterocycles. The third kappa shape index (κ3) is 6.17. The van der Waals surface area contributed by atoms with Crippen molar-refractivity contribution in [2.24, 2.45) is 5.92 Å². The lowest BCUT2D eigenvalue weighted by molar-refractivity contribution is -0.126. The van der Waals surface area contributed by atoms with Crippen LogP contribution >= 0.6 is 0 Å². The molecule has 0 bridgehead atoms. The number of amides is 1. The van der Waals surface area contributed by atoms with Crippen molar-refractivity contribution in [1.29, 1.82) is 0 Å². The van der Waals surface area contributed by atoms with Crippen molar-refractivity contribution in [1.82, 2.24) is 14.5 Å². The molecule has 0 aromatic heterocycles. The number of benzene rings is 1. The van der Waals surface area contributed by atoms with Gasteiger partial charge in [-0.15, -0.1) is 0 Å². The first-order chi connectivity index (χ1) is 13.9. The van der Waals surface area contributed by atoms with E-state index in [-0.39, 0.29) is 30.2 Å². The molecule has 7 nitrogen and oxygen atoms in total. The second kappa shape index (κ2) is 9.91. The smallest absolute Gasteiger partial charge is 0.224 e. The Bertz CT molecular complexity index is 774. The molecule has 0 spiro atoms. The average molecular weight is 424 g/mol. The fourth-order valence-electron chi connectivity index (χ4n) is 3.91. The first-order valence-corrected chi connectivity index (χ1v) is 12.2. The number of nitrogens with zero attached hydrogens (tertiary/aromatic N) is 2. The summed E-state index contributed by atoms with van der Waals surface area (Å²) >= 11 is 0. The predicted octanol–water partition coefficient (Wildman–Crippen LogP) is 1.84. The molecule has 0 radical (unpaired) electrons. The van der Waals surface area contributed by atoms with Crippen molar-refractivity contribution < 1.29 is 17.9 Å². The van der Waals surface area contributed by atoms with Gasteiger partial charge in [0, 0.05) is 32.7 Å². The van der Waals surface area contributed by atoms with Gasteiger partial charge >= 0.3 is 0 Å². The molecule has 2 fully saturated rings. The number of hydrogen-bond acceptors (Lipinski definition) is 5. The van der Waals surface area contributed by atoms with Crippen molar-refractivity contribution in [2.45, 2.75) is 45.3 Å². The van der Waals surface area contributed by atoms with E-state index in [0.29, 0.717) is 13.1 Å². The lowest BCUT2D eigenvalue weighted by Gasteiger charge is -2.31. The number of carbonyl (C=O) groups is 1. The Morgan fingerprint density at radius 3 is 2.48 bits per heavy atom. The van der Waals surface area contributed by atoms with E-state index in [1.165, 1.54) is 4.31 Å². The summed E-state index contributed by atoms with van der Waals surface area (Å²) in [5.74, 6) is 0.583. The number of nitrogens with one attached hydrogen (secondary N) is 1. The van der Waals surface area contributed by atoms with Crippen molar-refractivity contribution in [3.8, 4) is 5.75 Å². The van der Waals surface area contributed by atoms with Gasteiger partial charge in [-0.2, -0.15) is 0 Å². The van der Waals surface area contributed by atoms with Crippen LogP contribution in [0.15, 0.2) is 24.3 Å². The molecule has 2 aliphatic heterocycles. The van der Waals surface area contributed by atoms with E-state index in [1.54, 1.807) is 6.92 Å². The lowest BCUT2D eigenvalue weighted by atomic mass is 9.99. The summed E-state index contributed by atoms with van der Waals surface area (Å²) in [7, 11) is -1.11. The number of carbonyl (C=O) groups excluding carboxylic acids is 1. The van der Waals surface area contributed by atoms with Gasteiger partial charge in [0.1, 0.15) is 11.9 Å². The Labute approximate surface area is 174 Å². The van der Waals surface area contributed by atoms with Crippen LogP contribution < -0.4 is 10.1 Å². The van der Waals surface area contributed by atoms with E-state index in [0.717, 1.165) is 50.1 Å². The van der Waals surface area contributed by atoms with E-state index in [9.17, 15) is 13.2 Å². The summed E-state index contributed by atoms with van der Waals surface area (Å²) in [6, 6.07) is 7.85. The minimum absolute atomic E-state index is 0.0762. The van der Waals surface area contributed by atoms with Crippen LogP contribution in [0.5, 0.6) is 5.75 Å². The van der Waals surface area contributed by atoms with Crippen LogP contribution in [0.4, 0.5) is 0 Å². The summed E-state index contributed by atoms with van der Waals surface area (Å²) in [6.45, 7) is 4.99. The normalized spacial score (nSPS) is 22.3. The summed E-state index contributed by atoms with van der Waals surface area (Å²) in [4.78, 5) is 14.8. The van der Waals surface area contributed by atoms with Crippen molar-refractivity contribution in [3.63, 3.8) is 0 Å². The molecule has 1 aromatic rings. The van der Waals surface area contributed by atoms with Gasteiger partial charge in [0.2, 0.25) is 15.9 Å². The number of likely N-dealkylation sites (tertiary alicyclic amines) is 1. The Kier molecular flexibility index (Phi) is 7.54. The van der Waals surface area contributed by atoms with E-state index < -0.39 is 10.0 Å². The number of hydrogen-bond donors (Lipinski definition) is 1. The van der Waals surface area contributed by atoms with Crippen molar-refractivity contribution in [3.05, 3.63) is 29.8 Å². The molecule has 1 N–H and O–H groups in total. The molecular formula is C21H33N3O4S. The monoisotopic (exact) mass is 423 g/mol. The summed E-state index contributed by atoms with van der Waals surface area (Å²) in [6.07, 6.45) is 3.80.